The quantitative estimate of drug-likeness (QED) is 0.277. The molecule has 0 amide bonds. The van der Waals surface area contributed by atoms with Gasteiger partial charge in [-0.15, -0.1) is 0 Å². The summed E-state index contributed by atoms with van der Waals surface area (Å²) in [5.74, 6) is 0. The molecular weight excluding hydrogens is 399 g/mol. The SMILES string of the molecule is O=C([O-])[O-].O=C([O-])[O-].O=C1OC2(O1)OC(=O)O2.[Ca+2].[Pd+2]. The number of carbonyl (C=O) groups is 4. The van der Waals surface area contributed by atoms with Crippen molar-refractivity contribution in [1.82, 2.24) is 0 Å². The zero-order chi connectivity index (χ0) is 13.6. The Morgan fingerprint density at radius 1 is 0.789 bits per heavy atom. The molecule has 2 aliphatic rings. The minimum Gasteiger partial charge on any atom is -0.652 e. The summed E-state index contributed by atoms with van der Waals surface area (Å²) in [6.45, 7) is 0. The van der Waals surface area contributed by atoms with Gasteiger partial charge >= 0.3 is 76.6 Å². The number of hydrogen-bond acceptors (Lipinski definition) is 12. The molecule has 0 radical (unpaired) electrons. The first-order chi connectivity index (χ1) is 7.67. The molecular formula is C5CaO12Pd. The maximum absolute atomic E-state index is 9.90. The molecule has 0 aromatic rings. The second kappa shape index (κ2) is 9.87. The van der Waals surface area contributed by atoms with E-state index in [0.717, 1.165) is 0 Å². The van der Waals surface area contributed by atoms with Crippen LogP contribution in [0, 0.1) is 0 Å². The van der Waals surface area contributed by atoms with Crippen molar-refractivity contribution in [2.24, 2.45) is 0 Å². The summed E-state index contributed by atoms with van der Waals surface area (Å²) in [7, 11) is 0. The van der Waals surface area contributed by atoms with Crippen LogP contribution in [0.25, 0.3) is 0 Å². The van der Waals surface area contributed by atoms with Crippen LogP contribution in [-0.2, 0) is 39.4 Å². The van der Waals surface area contributed by atoms with Crippen LogP contribution in [0.2, 0.25) is 0 Å². The molecule has 0 saturated carbocycles. The zero-order valence-corrected chi connectivity index (χ0v) is 12.2. The van der Waals surface area contributed by atoms with E-state index in [4.69, 9.17) is 30.0 Å². The Bertz CT molecular complexity index is 293. The minimum atomic E-state index is -2.33. The molecule has 12 nitrogen and oxygen atoms in total. The first kappa shape index (κ1) is 23.1. The van der Waals surface area contributed by atoms with Crippen molar-refractivity contribution < 1.29 is 79.0 Å². The fraction of sp³-hybridized carbons (Fsp3) is 0.200. The van der Waals surface area contributed by atoms with Gasteiger partial charge in [0, 0.05) is 0 Å². The normalized spacial score (nSPS) is 14.9. The van der Waals surface area contributed by atoms with Crippen LogP contribution in [0.1, 0.15) is 0 Å². The van der Waals surface area contributed by atoms with E-state index < -0.39 is 30.8 Å². The van der Waals surface area contributed by atoms with Crippen LogP contribution in [0.4, 0.5) is 19.2 Å². The molecule has 0 N–H and O–H groups in total. The Kier molecular flexibility index (Phi) is 12.0. The zero-order valence-electron chi connectivity index (χ0n) is 8.42. The molecule has 2 fully saturated rings. The van der Waals surface area contributed by atoms with Gasteiger partial charge in [-0.25, -0.2) is 9.59 Å². The predicted octanol–water partition coefficient (Wildman–Crippen LogP) is -5.35. The van der Waals surface area contributed by atoms with Crippen molar-refractivity contribution in [3.8, 4) is 0 Å². The van der Waals surface area contributed by atoms with Crippen LogP contribution in [0.3, 0.4) is 0 Å². The van der Waals surface area contributed by atoms with Gasteiger partial charge in [-0.3, -0.25) is 0 Å². The number of carbonyl (C=O) groups excluding carboxylic acids is 4. The van der Waals surface area contributed by atoms with Crippen molar-refractivity contribution in [3.05, 3.63) is 0 Å². The summed E-state index contributed by atoms with van der Waals surface area (Å²) in [4.78, 5) is 36.5. The third-order valence-corrected chi connectivity index (χ3v) is 0.833. The molecule has 19 heavy (non-hydrogen) atoms. The van der Waals surface area contributed by atoms with Crippen molar-refractivity contribution in [2.75, 3.05) is 0 Å². The topological polar surface area (TPSA) is 197 Å². The van der Waals surface area contributed by atoms with E-state index in [9.17, 15) is 9.59 Å². The molecule has 0 atom stereocenters. The fourth-order valence-electron chi connectivity index (χ4n) is 0.507. The standard InChI is InChI=1S/C3O6.2CH2O3.Ca.Pd/c4-1-6-3(7-1)8-2(5)9-3;2*2-1(3)4;;/h;2*(H2,2,3,4);;/q;;;2*+2/p-4. The van der Waals surface area contributed by atoms with Gasteiger partial charge in [-0.05, 0) is 12.3 Å². The maximum Gasteiger partial charge on any atom is 2.00 e. The van der Waals surface area contributed by atoms with Gasteiger partial charge in [0.15, 0.2) is 0 Å². The molecule has 2 rings (SSSR count). The van der Waals surface area contributed by atoms with E-state index >= 15 is 0 Å². The van der Waals surface area contributed by atoms with E-state index in [1.807, 2.05) is 0 Å². The van der Waals surface area contributed by atoms with Crippen LogP contribution in [0.5, 0.6) is 0 Å². The number of hydrogen-bond donors (Lipinski definition) is 0. The van der Waals surface area contributed by atoms with E-state index in [1.54, 1.807) is 0 Å². The van der Waals surface area contributed by atoms with Crippen molar-refractivity contribution >= 4 is 62.4 Å². The molecule has 2 saturated heterocycles. The average molecular weight is 399 g/mol. The Balaban J connectivity index is -0.000000224. The number of ether oxygens (including phenoxy) is 4. The van der Waals surface area contributed by atoms with E-state index in [-0.39, 0.29) is 58.2 Å². The van der Waals surface area contributed by atoms with Crippen molar-refractivity contribution in [1.29, 1.82) is 0 Å². The molecule has 0 bridgehead atoms. The molecule has 14 heteroatoms. The minimum absolute atomic E-state index is 0. The second-order valence-electron chi connectivity index (χ2n) is 1.91. The van der Waals surface area contributed by atoms with Gasteiger partial charge in [-0.1, -0.05) is 0 Å². The Labute approximate surface area is 146 Å². The molecule has 0 aromatic carbocycles. The third kappa shape index (κ3) is 10.6. The van der Waals surface area contributed by atoms with E-state index in [2.05, 4.69) is 18.9 Å². The third-order valence-electron chi connectivity index (χ3n) is 0.833. The van der Waals surface area contributed by atoms with Gasteiger partial charge in [0.25, 0.3) is 0 Å². The van der Waals surface area contributed by atoms with Crippen LogP contribution >= 0.6 is 0 Å². The maximum atomic E-state index is 9.90. The first-order valence-electron chi connectivity index (χ1n) is 3.27. The summed E-state index contributed by atoms with van der Waals surface area (Å²) in [6, 6.07) is 0. The largest absolute Gasteiger partial charge is 2.00 e. The van der Waals surface area contributed by atoms with E-state index in [0.29, 0.717) is 0 Å². The van der Waals surface area contributed by atoms with Crippen molar-refractivity contribution in [2.45, 2.75) is 6.16 Å². The molecule has 2 heterocycles. The van der Waals surface area contributed by atoms with Crippen molar-refractivity contribution in [3.63, 3.8) is 0 Å². The van der Waals surface area contributed by atoms with Gasteiger partial charge in [0.1, 0.15) is 0 Å². The molecule has 0 aromatic heterocycles. The Morgan fingerprint density at radius 3 is 1.05 bits per heavy atom. The molecule has 0 unspecified atom stereocenters. The predicted molar refractivity (Wildman–Crippen MR) is 34.4 cm³/mol. The van der Waals surface area contributed by atoms with Gasteiger partial charge in [0.2, 0.25) is 0 Å². The van der Waals surface area contributed by atoms with Crippen LogP contribution < -0.4 is 20.4 Å². The summed E-state index contributed by atoms with van der Waals surface area (Å²) < 4.78 is 16.4. The smallest absolute Gasteiger partial charge is 0.652 e. The average Bonchev–Trinajstić information content (AvgIpc) is 1.96. The molecule has 2 aliphatic heterocycles. The van der Waals surface area contributed by atoms with Gasteiger partial charge in [0.05, 0.1) is 0 Å². The molecule has 1 spiro atoms. The van der Waals surface area contributed by atoms with Gasteiger partial charge in [-0.2, -0.15) is 0 Å². The first-order valence-corrected chi connectivity index (χ1v) is 3.27. The summed E-state index contributed by atoms with van der Waals surface area (Å²) in [5, 5.41) is 33.3. The second-order valence-corrected chi connectivity index (χ2v) is 1.91. The fourth-order valence-corrected chi connectivity index (χ4v) is 0.507. The number of carboxylic acid groups (broad SMARTS) is 4. The molecule has 104 valence electrons. The Hall–Kier alpha value is -0.998. The number of rotatable bonds is 0. The van der Waals surface area contributed by atoms with Crippen LogP contribution in [0.15, 0.2) is 0 Å². The summed E-state index contributed by atoms with van der Waals surface area (Å²) in [5.41, 5.74) is 0. The van der Waals surface area contributed by atoms with E-state index in [1.165, 1.54) is 0 Å². The Morgan fingerprint density at radius 2 is 0.947 bits per heavy atom. The monoisotopic (exact) mass is 398 g/mol. The summed E-state index contributed by atoms with van der Waals surface area (Å²) >= 11 is 0. The summed E-state index contributed by atoms with van der Waals surface area (Å²) in [6.07, 6.45) is -8.31. The van der Waals surface area contributed by atoms with Gasteiger partial charge < -0.3 is 49.0 Å². The molecule has 0 aliphatic carbocycles. The van der Waals surface area contributed by atoms with Crippen LogP contribution in [-0.4, -0.2) is 68.5 Å².